The molecule has 0 spiro atoms. The predicted molar refractivity (Wildman–Crippen MR) is 144 cm³/mol. The van der Waals surface area contributed by atoms with Crippen molar-refractivity contribution < 1.29 is 4.74 Å². The average molecular weight is 508 g/mol. The van der Waals surface area contributed by atoms with E-state index in [0.29, 0.717) is 48.2 Å². The smallest absolute Gasteiger partial charge is 0.163 e. The number of nitrogens with zero attached hydrogens (tertiary/aromatic N) is 9. The zero-order valence-electron chi connectivity index (χ0n) is 20.9. The second kappa shape index (κ2) is 9.48. The van der Waals surface area contributed by atoms with Gasteiger partial charge in [-0.1, -0.05) is 18.2 Å². The Labute approximate surface area is 217 Å². The highest BCUT2D eigenvalue weighted by molar-refractivity contribution is 5.99. The quantitative estimate of drug-likeness (QED) is 0.329. The molecule has 0 bridgehead atoms. The van der Waals surface area contributed by atoms with Crippen molar-refractivity contribution in [1.82, 2.24) is 44.5 Å². The summed E-state index contributed by atoms with van der Waals surface area (Å²) in [5, 5.41) is 11.0. The van der Waals surface area contributed by atoms with Crippen LogP contribution in [0.5, 0.6) is 0 Å². The van der Waals surface area contributed by atoms with Gasteiger partial charge in [0.05, 0.1) is 17.4 Å². The summed E-state index contributed by atoms with van der Waals surface area (Å²) < 4.78 is 8.84. The standard InChI is InChI=1S/C26H25N11O/c1-36-25-19(23(27)30-13-32-25)21(34-36)17-6-8-29-18(11-17)7-9-37-26-20(24(28)31-14-33-26)22(35-37)16-5-3-4-15(10-16)12-38-2/h3-6,8,10-11,13-14H,7,9,12H2,1-2H3,(H2,27,30,32)(H2,28,31,33). The molecule has 12 heteroatoms. The van der Waals surface area contributed by atoms with Crippen LogP contribution in [0.4, 0.5) is 11.6 Å². The molecule has 0 atom stereocenters. The number of aryl methyl sites for hydroxylation is 3. The lowest BCUT2D eigenvalue weighted by atomic mass is 10.1. The number of nitrogens with two attached hydrogens (primary N) is 2. The monoisotopic (exact) mass is 507 g/mol. The Morgan fingerprint density at radius 1 is 0.816 bits per heavy atom. The molecule has 0 aliphatic rings. The van der Waals surface area contributed by atoms with Gasteiger partial charge in [-0.2, -0.15) is 10.2 Å². The highest BCUT2D eigenvalue weighted by Crippen LogP contribution is 2.32. The minimum atomic E-state index is 0.385. The molecule has 5 aromatic heterocycles. The molecule has 0 fully saturated rings. The molecular weight excluding hydrogens is 482 g/mol. The molecule has 190 valence electrons. The van der Waals surface area contributed by atoms with E-state index in [1.807, 2.05) is 48.1 Å². The Kier molecular flexibility index (Phi) is 5.85. The number of anilines is 2. The van der Waals surface area contributed by atoms with Gasteiger partial charge >= 0.3 is 0 Å². The summed E-state index contributed by atoms with van der Waals surface area (Å²) >= 11 is 0. The zero-order valence-corrected chi connectivity index (χ0v) is 20.9. The molecule has 12 nitrogen and oxygen atoms in total. The third kappa shape index (κ3) is 4.06. The van der Waals surface area contributed by atoms with Gasteiger partial charge in [-0.15, -0.1) is 0 Å². The predicted octanol–water partition coefficient (Wildman–Crippen LogP) is 2.79. The first-order valence-electron chi connectivity index (χ1n) is 12.0. The molecule has 0 saturated heterocycles. The van der Waals surface area contributed by atoms with E-state index in [-0.39, 0.29) is 0 Å². The molecule has 0 amide bonds. The van der Waals surface area contributed by atoms with Crippen LogP contribution >= 0.6 is 0 Å². The van der Waals surface area contributed by atoms with Crippen LogP contribution in [0, 0.1) is 0 Å². The van der Waals surface area contributed by atoms with Crippen molar-refractivity contribution in [3.8, 4) is 22.5 Å². The minimum absolute atomic E-state index is 0.385. The Morgan fingerprint density at radius 2 is 1.53 bits per heavy atom. The molecule has 0 radical (unpaired) electrons. The Hall–Kier alpha value is -4.97. The van der Waals surface area contributed by atoms with Crippen LogP contribution in [-0.2, 0) is 31.4 Å². The maximum absolute atomic E-state index is 6.28. The summed E-state index contributed by atoms with van der Waals surface area (Å²) in [7, 11) is 3.50. The number of rotatable bonds is 7. The summed E-state index contributed by atoms with van der Waals surface area (Å²) in [5.41, 5.74) is 18.9. The van der Waals surface area contributed by atoms with Gasteiger partial charge in [0.15, 0.2) is 11.3 Å². The van der Waals surface area contributed by atoms with E-state index in [2.05, 4.69) is 30.0 Å². The zero-order chi connectivity index (χ0) is 26.2. The Morgan fingerprint density at radius 3 is 2.32 bits per heavy atom. The van der Waals surface area contributed by atoms with Crippen LogP contribution < -0.4 is 11.5 Å². The summed E-state index contributed by atoms with van der Waals surface area (Å²) in [6.45, 7) is 1.04. The second-order valence-corrected chi connectivity index (χ2v) is 8.88. The number of nitrogen functional groups attached to an aromatic ring is 2. The molecule has 0 aliphatic carbocycles. The van der Waals surface area contributed by atoms with Crippen LogP contribution in [-0.4, -0.2) is 51.6 Å². The lowest BCUT2D eigenvalue weighted by Gasteiger charge is -2.05. The number of fused-ring (bicyclic) bond motifs is 2. The molecule has 4 N–H and O–H groups in total. The highest BCUT2D eigenvalue weighted by Gasteiger charge is 2.19. The normalized spacial score (nSPS) is 11.5. The lowest BCUT2D eigenvalue weighted by Crippen LogP contribution is -2.06. The lowest BCUT2D eigenvalue weighted by molar-refractivity contribution is 0.185. The number of ether oxygens (including phenoxy) is 1. The summed E-state index contributed by atoms with van der Waals surface area (Å²) in [4.78, 5) is 21.7. The fourth-order valence-electron chi connectivity index (χ4n) is 4.66. The maximum atomic E-state index is 6.28. The molecular formula is C26H25N11O. The molecule has 0 unspecified atom stereocenters. The first kappa shape index (κ1) is 23.4. The second-order valence-electron chi connectivity index (χ2n) is 8.88. The summed E-state index contributed by atoms with van der Waals surface area (Å²) in [6.07, 6.45) is 5.26. The van der Waals surface area contributed by atoms with E-state index >= 15 is 0 Å². The van der Waals surface area contributed by atoms with Crippen molar-refractivity contribution in [1.29, 1.82) is 0 Å². The number of methoxy groups -OCH3 is 1. The molecule has 0 saturated carbocycles. The van der Waals surface area contributed by atoms with Crippen molar-refractivity contribution in [2.75, 3.05) is 18.6 Å². The largest absolute Gasteiger partial charge is 0.383 e. The summed E-state index contributed by atoms with van der Waals surface area (Å²) in [5.74, 6) is 0.772. The first-order valence-corrected chi connectivity index (χ1v) is 12.0. The fourth-order valence-corrected chi connectivity index (χ4v) is 4.66. The van der Waals surface area contributed by atoms with Gasteiger partial charge in [0.1, 0.15) is 35.7 Å². The van der Waals surface area contributed by atoms with Crippen LogP contribution in [0.1, 0.15) is 11.3 Å². The van der Waals surface area contributed by atoms with Gasteiger partial charge in [-0.05, 0) is 23.8 Å². The summed E-state index contributed by atoms with van der Waals surface area (Å²) in [6, 6.07) is 11.9. The molecule has 0 aliphatic heterocycles. The molecule has 1 aromatic carbocycles. The van der Waals surface area contributed by atoms with E-state index in [1.54, 1.807) is 18.0 Å². The van der Waals surface area contributed by atoms with Gasteiger partial charge in [0.2, 0.25) is 0 Å². The third-order valence-electron chi connectivity index (χ3n) is 6.39. The maximum Gasteiger partial charge on any atom is 0.163 e. The van der Waals surface area contributed by atoms with Gasteiger partial charge in [-0.3, -0.25) is 4.98 Å². The number of hydrogen-bond acceptors (Lipinski definition) is 10. The first-order chi connectivity index (χ1) is 18.5. The number of aromatic nitrogens is 9. The van der Waals surface area contributed by atoms with Crippen molar-refractivity contribution in [2.24, 2.45) is 7.05 Å². The van der Waals surface area contributed by atoms with E-state index in [1.165, 1.54) is 12.7 Å². The van der Waals surface area contributed by atoms with Crippen LogP contribution in [0.3, 0.4) is 0 Å². The molecule has 6 rings (SSSR count). The van der Waals surface area contributed by atoms with Crippen LogP contribution in [0.15, 0.2) is 55.2 Å². The van der Waals surface area contributed by atoms with E-state index < -0.39 is 0 Å². The molecule has 38 heavy (non-hydrogen) atoms. The van der Waals surface area contributed by atoms with E-state index in [9.17, 15) is 0 Å². The molecule has 6 aromatic rings. The minimum Gasteiger partial charge on any atom is -0.383 e. The fraction of sp³-hybridized carbons (Fsp3) is 0.192. The van der Waals surface area contributed by atoms with Crippen LogP contribution in [0.25, 0.3) is 44.6 Å². The number of hydrogen-bond donors (Lipinski definition) is 2. The SMILES string of the molecule is COCc1cccc(-c2nn(CCc3cc(-c4nn(C)c5ncnc(N)c45)ccn3)c3ncnc(N)c23)c1. The van der Waals surface area contributed by atoms with Crippen LogP contribution in [0.2, 0.25) is 0 Å². The van der Waals surface area contributed by atoms with Crippen molar-refractivity contribution in [3.05, 3.63) is 66.5 Å². The third-order valence-corrected chi connectivity index (χ3v) is 6.39. The molecule has 5 heterocycles. The Balaban J connectivity index is 1.34. The Bertz CT molecular complexity index is 1790. The van der Waals surface area contributed by atoms with Gasteiger partial charge in [0.25, 0.3) is 0 Å². The van der Waals surface area contributed by atoms with E-state index in [0.717, 1.165) is 38.9 Å². The van der Waals surface area contributed by atoms with Gasteiger partial charge < -0.3 is 16.2 Å². The average Bonchev–Trinajstić information content (AvgIpc) is 3.48. The van der Waals surface area contributed by atoms with Gasteiger partial charge in [-0.25, -0.2) is 29.3 Å². The number of pyridine rings is 1. The van der Waals surface area contributed by atoms with Crippen molar-refractivity contribution in [3.63, 3.8) is 0 Å². The topological polar surface area (TPSA) is 161 Å². The number of benzene rings is 1. The van der Waals surface area contributed by atoms with Crippen molar-refractivity contribution >= 4 is 33.7 Å². The van der Waals surface area contributed by atoms with Crippen molar-refractivity contribution in [2.45, 2.75) is 19.6 Å². The highest BCUT2D eigenvalue weighted by atomic mass is 16.5. The van der Waals surface area contributed by atoms with E-state index in [4.69, 9.17) is 21.3 Å². The van der Waals surface area contributed by atoms with Gasteiger partial charge in [0, 0.05) is 50.1 Å².